The molecule has 1 saturated heterocycles. The van der Waals surface area contributed by atoms with Crippen LogP contribution in [-0.2, 0) is 4.74 Å². The van der Waals surface area contributed by atoms with Gasteiger partial charge in [0.05, 0.1) is 20.8 Å². The van der Waals surface area contributed by atoms with Gasteiger partial charge >= 0.3 is 0 Å². The highest BCUT2D eigenvalue weighted by atomic mass is 16.7. The lowest BCUT2D eigenvalue weighted by molar-refractivity contribution is -0.277. The van der Waals surface area contributed by atoms with E-state index in [1.54, 1.807) is 31.4 Å². The molecule has 1 fully saturated rings. The van der Waals surface area contributed by atoms with Crippen LogP contribution in [0.3, 0.4) is 0 Å². The predicted molar refractivity (Wildman–Crippen MR) is 115 cm³/mol. The third kappa shape index (κ3) is 4.39. The van der Waals surface area contributed by atoms with E-state index in [1.165, 1.54) is 25.3 Å². The minimum Gasteiger partial charge on any atom is -0.497 e. The topological polar surface area (TPSA) is 148 Å². The predicted octanol–water partition coefficient (Wildman–Crippen LogP) is 0.656. The molecule has 10 heteroatoms. The van der Waals surface area contributed by atoms with Crippen molar-refractivity contribution in [2.24, 2.45) is 0 Å². The fraction of sp³-hybridized carbons (Fsp3) is 0.348. The van der Waals surface area contributed by atoms with Gasteiger partial charge in [0.15, 0.2) is 5.43 Å². The summed E-state index contributed by atoms with van der Waals surface area (Å²) < 4.78 is 27.5. The van der Waals surface area contributed by atoms with Gasteiger partial charge in [-0.1, -0.05) is 0 Å². The molecule has 3 aromatic rings. The Balaban J connectivity index is 1.76. The van der Waals surface area contributed by atoms with E-state index in [1.807, 2.05) is 0 Å². The summed E-state index contributed by atoms with van der Waals surface area (Å²) in [5.41, 5.74) is 0.380. The molecule has 1 aromatic heterocycles. The Labute approximate surface area is 188 Å². The second-order valence-corrected chi connectivity index (χ2v) is 7.52. The maximum atomic E-state index is 13.0. The highest BCUT2D eigenvalue weighted by Gasteiger charge is 2.45. The van der Waals surface area contributed by atoms with Gasteiger partial charge < -0.3 is 43.8 Å². The average molecular weight is 460 g/mol. The van der Waals surface area contributed by atoms with Gasteiger partial charge in [-0.25, -0.2) is 0 Å². The van der Waals surface area contributed by atoms with E-state index in [-0.39, 0.29) is 16.7 Å². The van der Waals surface area contributed by atoms with Crippen molar-refractivity contribution in [3.63, 3.8) is 0 Å². The summed E-state index contributed by atoms with van der Waals surface area (Å²) in [5.74, 6) is 1.24. The zero-order chi connectivity index (χ0) is 23.7. The van der Waals surface area contributed by atoms with Crippen LogP contribution in [0.1, 0.15) is 0 Å². The summed E-state index contributed by atoms with van der Waals surface area (Å²) in [6, 6.07) is 11.2. The number of benzene rings is 2. The first-order valence-corrected chi connectivity index (χ1v) is 10.1. The first-order chi connectivity index (χ1) is 15.9. The van der Waals surface area contributed by atoms with Crippen molar-refractivity contribution in [1.29, 1.82) is 0 Å². The van der Waals surface area contributed by atoms with Crippen LogP contribution in [0.2, 0.25) is 0 Å². The number of rotatable bonds is 6. The lowest BCUT2D eigenvalue weighted by atomic mass is 9.99. The quantitative estimate of drug-likeness (QED) is 0.413. The van der Waals surface area contributed by atoms with Crippen molar-refractivity contribution in [1.82, 2.24) is 0 Å². The number of methoxy groups -OCH3 is 2. The minimum atomic E-state index is -1.64. The van der Waals surface area contributed by atoms with Crippen molar-refractivity contribution in [2.45, 2.75) is 30.7 Å². The fourth-order valence-corrected chi connectivity index (χ4v) is 3.63. The molecule has 1 aliphatic heterocycles. The molecule has 4 rings (SSSR count). The molecule has 2 heterocycles. The normalized spacial score (nSPS) is 25.1. The van der Waals surface area contributed by atoms with Gasteiger partial charge in [0.2, 0.25) is 6.29 Å². The maximum Gasteiger partial charge on any atom is 0.229 e. The highest BCUT2D eigenvalue weighted by Crippen LogP contribution is 2.34. The first kappa shape index (κ1) is 23.0. The number of fused-ring (bicyclic) bond motifs is 1. The number of hydrogen-bond donors (Lipinski definition) is 4. The summed E-state index contributed by atoms with van der Waals surface area (Å²) in [5, 5.41) is 39.8. The Kier molecular flexibility index (Phi) is 6.54. The second kappa shape index (κ2) is 9.38. The number of aliphatic hydroxyl groups is 4. The lowest BCUT2D eigenvalue weighted by Crippen LogP contribution is -2.60. The van der Waals surface area contributed by atoms with Crippen LogP contribution in [0, 0.1) is 0 Å². The van der Waals surface area contributed by atoms with E-state index in [0.29, 0.717) is 22.8 Å². The molecule has 1 aliphatic rings. The van der Waals surface area contributed by atoms with Crippen molar-refractivity contribution in [2.75, 3.05) is 20.8 Å². The van der Waals surface area contributed by atoms with Crippen LogP contribution in [-0.4, -0.2) is 72.0 Å². The molecule has 10 nitrogen and oxygen atoms in total. The van der Waals surface area contributed by atoms with Crippen LogP contribution in [0.4, 0.5) is 0 Å². The van der Waals surface area contributed by atoms with E-state index >= 15 is 0 Å². The van der Waals surface area contributed by atoms with Crippen LogP contribution in [0.5, 0.6) is 17.2 Å². The van der Waals surface area contributed by atoms with Crippen molar-refractivity contribution >= 4 is 11.0 Å². The van der Waals surface area contributed by atoms with E-state index in [0.717, 1.165) is 0 Å². The van der Waals surface area contributed by atoms with Crippen LogP contribution in [0.25, 0.3) is 22.3 Å². The maximum absolute atomic E-state index is 13.0. The molecule has 176 valence electrons. The Morgan fingerprint density at radius 3 is 2.24 bits per heavy atom. The molecule has 0 amide bonds. The zero-order valence-corrected chi connectivity index (χ0v) is 17.9. The molecule has 33 heavy (non-hydrogen) atoms. The summed E-state index contributed by atoms with van der Waals surface area (Å²) in [6.07, 6.45) is -7.45. The number of hydrogen-bond acceptors (Lipinski definition) is 10. The van der Waals surface area contributed by atoms with Crippen molar-refractivity contribution < 1.29 is 43.8 Å². The van der Waals surface area contributed by atoms with Crippen molar-refractivity contribution in [3.05, 3.63) is 52.7 Å². The van der Waals surface area contributed by atoms with E-state index in [9.17, 15) is 25.2 Å². The smallest absolute Gasteiger partial charge is 0.229 e. The standard InChI is InChI=1S/C23H24O10/c1-29-12-5-3-11(4-6-12)15-9-14(25)19-16(31-15)7-13(30-2)8-17(19)32-23-22(28)21(27)20(26)18(10-24)33-23/h3-9,18,20-24,26-28H,10H2,1-2H3/t18-,20-,21+,22-,23-/m1/s1. The Morgan fingerprint density at radius 1 is 0.909 bits per heavy atom. The molecule has 0 saturated carbocycles. The molecular formula is C23H24O10. The number of aliphatic hydroxyl groups excluding tert-OH is 4. The first-order valence-electron chi connectivity index (χ1n) is 10.1. The summed E-state index contributed by atoms with van der Waals surface area (Å²) >= 11 is 0. The SMILES string of the molecule is COc1ccc(-c2cc(=O)c3c(O[C@@H]4O[C@H](CO)[C@@H](O)[C@H](O)[C@H]4O)cc(OC)cc3o2)cc1. The van der Waals surface area contributed by atoms with Gasteiger partial charge in [0, 0.05) is 23.8 Å². The number of ether oxygens (including phenoxy) is 4. The summed E-state index contributed by atoms with van der Waals surface area (Å²) in [6.45, 7) is -0.614. The zero-order valence-electron chi connectivity index (χ0n) is 17.9. The summed E-state index contributed by atoms with van der Waals surface area (Å²) in [7, 11) is 2.97. The van der Waals surface area contributed by atoms with E-state index in [4.69, 9.17) is 23.4 Å². The molecule has 2 aromatic carbocycles. The molecule has 0 unspecified atom stereocenters. The Morgan fingerprint density at radius 2 is 1.61 bits per heavy atom. The van der Waals surface area contributed by atoms with Crippen LogP contribution in [0.15, 0.2) is 51.7 Å². The average Bonchev–Trinajstić information content (AvgIpc) is 2.83. The van der Waals surface area contributed by atoms with Gasteiger partial charge in [0.1, 0.15) is 58.4 Å². The third-order valence-corrected chi connectivity index (χ3v) is 5.47. The largest absolute Gasteiger partial charge is 0.497 e. The van der Waals surface area contributed by atoms with Crippen LogP contribution >= 0.6 is 0 Å². The Bertz CT molecular complexity index is 1170. The fourth-order valence-electron chi connectivity index (χ4n) is 3.63. The molecule has 4 N–H and O–H groups in total. The van der Waals surface area contributed by atoms with E-state index < -0.39 is 42.7 Å². The second-order valence-electron chi connectivity index (χ2n) is 7.52. The Hall–Kier alpha value is -3.15. The molecule has 0 bridgehead atoms. The monoisotopic (exact) mass is 460 g/mol. The minimum absolute atomic E-state index is 0.0243. The molecule has 0 radical (unpaired) electrons. The lowest BCUT2D eigenvalue weighted by Gasteiger charge is -2.39. The molecular weight excluding hydrogens is 436 g/mol. The molecule has 0 spiro atoms. The van der Waals surface area contributed by atoms with Crippen molar-refractivity contribution in [3.8, 4) is 28.6 Å². The van der Waals surface area contributed by atoms with E-state index in [2.05, 4.69) is 0 Å². The van der Waals surface area contributed by atoms with Gasteiger partial charge in [-0.15, -0.1) is 0 Å². The van der Waals surface area contributed by atoms with Gasteiger partial charge in [-0.2, -0.15) is 0 Å². The molecule has 0 aliphatic carbocycles. The van der Waals surface area contributed by atoms with Gasteiger partial charge in [-0.3, -0.25) is 4.79 Å². The third-order valence-electron chi connectivity index (χ3n) is 5.47. The highest BCUT2D eigenvalue weighted by molar-refractivity contribution is 5.86. The molecule has 5 atom stereocenters. The summed E-state index contributed by atoms with van der Waals surface area (Å²) in [4.78, 5) is 13.0. The van der Waals surface area contributed by atoms with Gasteiger partial charge in [-0.05, 0) is 24.3 Å². The van der Waals surface area contributed by atoms with Crippen LogP contribution < -0.4 is 19.6 Å². The van der Waals surface area contributed by atoms with Gasteiger partial charge in [0.25, 0.3) is 0 Å².